The quantitative estimate of drug-likeness (QED) is 0.602. The van der Waals surface area contributed by atoms with Crippen LogP contribution in [-0.4, -0.2) is 25.7 Å². The Morgan fingerprint density at radius 3 is 2.86 bits per heavy atom. The number of quaternary nitrogens is 2. The van der Waals surface area contributed by atoms with E-state index in [-0.39, 0.29) is 0 Å². The van der Waals surface area contributed by atoms with Crippen LogP contribution in [0.1, 0.15) is 12.5 Å². The Bertz CT molecular complexity index is 271. The van der Waals surface area contributed by atoms with E-state index in [4.69, 9.17) is 0 Å². The zero-order chi connectivity index (χ0) is 9.80. The van der Waals surface area contributed by atoms with Crippen molar-refractivity contribution in [2.75, 3.05) is 19.6 Å². The fourth-order valence-corrected chi connectivity index (χ4v) is 2.26. The van der Waals surface area contributed by atoms with E-state index in [1.165, 1.54) is 31.7 Å². The molecule has 0 amide bonds. The normalized spacial score (nSPS) is 27.5. The lowest BCUT2D eigenvalue weighted by Gasteiger charge is -2.26. The number of hydrogen-bond acceptors (Lipinski definition) is 0. The van der Waals surface area contributed by atoms with E-state index in [9.17, 15) is 0 Å². The first kappa shape index (κ1) is 9.69. The molecule has 1 aromatic carbocycles. The summed E-state index contributed by atoms with van der Waals surface area (Å²) in [7, 11) is 0. The molecule has 1 aliphatic heterocycles. The van der Waals surface area contributed by atoms with Crippen molar-refractivity contribution >= 4 is 0 Å². The van der Waals surface area contributed by atoms with Gasteiger partial charge < -0.3 is 10.2 Å². The van der Waals surface area contributed by atoms with Crippen molar-refractivity contribution in [3.63, 3.8) is 0 Å². The van der Waals surface area contributed by atoms with Crippen molar-refractivity contribution in [2.45, 2.75) is 19.5 Å². The van der Waals surface area contributed by atoms with Crippen LogP contribution >= 0.6 is 0 Å². The molecular weight excluding hydrogens is 172 g/mol. The summed E-state index contributed by atoms with van der Waals surface area (Å²) in [5.41, 5.74) is 1.47. The van der Waals surface area contributed by atoms with Gasteiger partial charge in [0.2, 0.25) is 0 Å². The largest absolute Gasteiger partial charge is 0.335 e. The molecule has 2 rings (SSSR count). The standard InChI is InChI=1S/C12H18N2/c1-11-9-14(8-7-13-11)10-12-5-3-2-4-6-12/h2-6,11,13H,7-10H2,1H3/p+2/t11-/m0/s1. The van der Waals surface area contributed by atoms with Gasteiger partial charge in [0.25, 0.3) is 0 Å². The number of benzene rings is 1. The first-order valence-electron chi connectivity index (χ1n) is 5.55. The third kappa shape index (κ3) is 2.56. The second-order valence-electron chi connectivity index (χ2n) is 4.37. The van der Waals surface area contributed by atoms with Crippen LogP contribution in [0.2, 0.25) is 0 Å². The average molecular weight is 192 g/mol. The van der Waals surface area contributed by atoms with E-state index in [0.29, 0.717) is 0 Å². The minimum absolute atomic E-state index is 0.794. The number of piperazine rings is 1. The lowest BCUT2D eigenvalue weighted by molar-refractivity contribution is -0.966. The summed E-state index contributed by atoms with van der Waals surface area (Å²) in [4.78, 5) is 1.73. The molecular formula is C12H20N2+2. The van der Waals surface area contributed by atoms with E-state index in [1.54, 1.807) is 4.90 Å². The number of rotatable bonds is 2. The summed E-state index contributed by atoms with van der Waals surface area (Å²) < 4.78 is 0. The van der Waals surface area contributed by atoms with Crippen LogP contribution in [0.5, 0.6) is 0 Å². The van der Waals surface area contributed by atoms with Crippen LogP contribution in [0.25, 0.3) is 0 Å². The van der Waals surface area contributed by atoms with E-state index < -0.39 is 0 Å². The van der Waals surface area contributed by atoms with Crippen molar-refractivity contribution in [2.24, 2.45) is 0 Å². The number of nitrogens with two attached hydrogens (primary N) is 1. The molecule has 0 radical (unpaired) electrons. The van der Waals surface area contributed by atoms with E-state index >= 15 is 0 Å². The molecule has 1 fully saturated rings. The Balaban J connectivity index is 1.91. The minimum atomic E-state index is 0.794. The Kier molecular flexibility index (Phi) is 3.17. The molecule has 1 unspecified atom stereocenters. The van der Waals surface area contributed by atoms with Crippen LogP contribution < -0.4 is 10.2 Å². The summed E-state index contributed by atoms with van der Waals surface area (Å²) in [5, 5.41) is 2.45. The molecule has 0 aliphatic carbocycles. The fraction of sp³-hybridized carbons (Fsp3) is 0.500. The molecule has 3 N–H and O–H groups in total. The maximum atomic E-state index is 2.45. The lowest BCUT2D eigenvalue weighted by Crippen LogP contribution is -3.21. The number of nitrogens with one attached hydrogen (secondary N) is 1. The Morgan fingerprint density at radius 2 is 2.14 bits per heavy atom. The molecule has 0 spiro atoms. The smallest absolute Gasteiger partial charge is 0.133 e. The average Bonchev–Trinajstić information content (AvgIpc) is 2.19. The highest BCUT2D eigenvalue weighted by atomic mass is 15.2. The van der Waals surface area contributed by atoms with Crippen molar-refractivity contribution in [1.29, 1.82) is 0 Å². The van der Waals surface area contributed by atoms with Crippen LogP contribution in [0, 0.1) is 0 Å². The third-order valence-corrected chi connectivity index (χ3v) is 2.97. The molecule has 0 aromatic heterocycles. The van der Waals surface area contributed by atoms with Gasteiger partial charge in [-0.05, 0) is 6.92 Å². The second kappa shape index (κ2) is 4.58. The molecule has 2 nitrogen and oxygen atoms in total. The highest BCUT2D eigenvalue weighted by Crippen LogP contribution is 1.95. The molecule has 1 aliphatic rings. The van der Waals surface area contributed by atoms with Crippen LogP contribution in [0.4, 0.5) is 0 Å². The van der Waals surface area contributed by atoms with E-state index in [2.05, 4.69) is 42.6 Å². The van der Waals surface area contributed by atoms with Gasteiger partial charge in [-0.1, -0.05) is 30.3 Å². The number of hydrogen-bond donors (Lipinski definition) is 2. The molecule has 1 heterocycles. The molecule has 0 bridgehead atoms. The first-order valence-corrected chi connectivity index (χ1v) is 5.55. The van der Waals surface area contributed by atoms with E-state index in [1.807, 2.05) is 0 Å². The first-order chi connectivity index (χ1) is 6.84. The second-order valence-corrected chi connectivity index (χ2v) is 4.37. The van der Waals surface area contributed by atoms with Crippen molar-refractivity contribution in [3.05, 3.63) is 35.9 Å². The lowest BCUT2D eigenvalue weighted by atomic mass is 10.2. The Hall–Kier alpha value is -0.860. The molecule has 1 saturated heterocycles. The van der Waals surface area contributed by atoms with Gasteiger partial charge in [0.1, 0.15) is 32.2 Å². The summed E-state index contributed by atoms with van der Waals surface area (Å²) in [6.07, 6.45) is 0. The van der Waals surface area contributed by atoms with Gasteiger partial charge in [0.05, 0.1) is 0 Å². The van der Waals surface area contributed by atoms with Crippen LogP contribution in [-0.2, 0) is 6.54 Å². The van der Waals surface area contributed by atoms with Gasteiger partial charge in [-0.25, -0.2) is 0 Å². The molecule has 14 heavy (non-hydrogen) atoms. The predicted octanol–water partition coefficient (Wildman–Crippen LogP) is -0.963. The molecule has 0 saturated carbocycles. The molecule has 76 valence electrons. The maximum Gasteiger partial charge on any atom is 0.133 e. The monoisotopic (exact) mass is 192 g/mol. The van der Waals surface area contributed by atoms with E-state index in [0.717, 1.165) is 6.04 Å². The third-order valence-electron chi connectivity index (χ3n) is 2.97. The van der Waals surface area contributed by atoms with Crippen LogP contribution in [0.15, 0.2) is 30.3 Å². The molecule has 2 heteroatoms. The van der Waals surface area contributed by atoms with Gasteiger partial charge in [-0.3, -0.25) is 0 Å². The highest BCUT2D eigenvalue weighted by Gasteiger charge is 2.21. The van der Waals surface area contributed by atoms with Crippen LogP contribution in [0.3, 0.4) is 0 Å². The fourth-order valence-electron chi connectivity index (χ4n) is 2.26. The summed E-state index contributed by atoms with van der Waals surface area (Å²) in [6, 6.07) is 11.6. The SMILES string of the molecule is C[C@H]1C[NH+](Cc2ccccc2)CC[NH2+]1. The van der Waals surface area contributed by atoms with Gasteiger partial charge in [-0.2, -0.15) is 0 Å². The Labute approximate surface area is 85.9 Å². The van der Waals surface area contributed by atoms with Crippen molar-refractivity contribution in [3.8, 4) is 0 Å². The maximum absolute atomic E-state index is 2.45. The van der Waals surface area contributed by atoms with Gasteiger partial charge in [0.15, 0.2) is 0 Å². The summed E-state index contributed by atoms with van der Waals surface area (Å²) in [6.45, 7) is 7.40. The van der Waals surface area contributed by atoms with Gasteiger partial charge in [0, 0.05) is 5.56 Å². The summed E-state index contributed by atoms with van der Waals surface area (Å²) in [5.74, 6) is 0. The van der Waals surface area contributed by atoms with Gasteiger partial charge >= 0.3 is 0 Å². The summed E-state index contributed by atoms with van der Waals surface area (Å²) >= 11 is 0. The minimum Gasteiger partial charge on any atom is -0.335 e. The molecule has 1 aromatic rings. The predicted molar refractivity (Wildman–Crippen MR) is 57.1 cm³/mol. The molecule has 2 atom stereocenters. The van der Waals surface area contributed by atoms with Gasteiger partial charge in [-0.15, -0.1) is 0 Å². The zero-order valence-corrected chi connectivity index (χ0v) is 8.87. The van der Waals surface area contributed by atoms with Crippen molar-refractivity contribution in [1.82, 2.24) is 0 Å². The Morgan fingerprint density at radius 1 is 1.36 bits per heavy atom. The zero-order valence-electron chi connectivity index (χ0n) is 8.87. The highest BCUT2D eigenvalue weighted by molar-refractivity contribution is 5.13. The topological polar surface area (TPSA) is 21.1 Å². The van der Waals surface area contributed by atoms with Crippen molar-refractivity contribution < 1.29 is 10.2 Å².